The molecule has 0 radical (unpaired) electrons. The lowest BCUT2D eigenvalue weighted by Gasteiger charge is -2.48. The van der Waals surface area contributed by atoms with Gasteiger partial charge < -0.3 is 9.47 Å². The Bertz CT molecular complexity index is 578. The highest BCUT2D eigenvalue weighted by Crippen LogP contribution is 2.51. The van der Waals surface area contributed by atoms with E-state index in [4.69, 9.17) is 9.47 Å². The Hall–Kier alpha value is -0.860. The summed E-state index contributed by atoms with van der Waals surface area (Å²) in [6.07, 6.45) is 0.410. The minimum atomic E-state index is 0.124. The van der Waals surface area contributed by atoms with Crippen molar-refractivity contribution in [2.24, 2.45) is 10.8 Å². The summed E-state index contributed by atoms with van der Waals surface area (Å²) >= 11 is 0. The number of benzene rings is 1. The van der Waals surface area contributed by atoms with Crippen LogP contribution in [0, 0.1) is 10.8 Å². The van der Waals surface area contributed by atoms with Gasteiger partial charge in [-0.1, -0.05) is 66.7 Å². The van der Waals surface area contributed by atoms with Gasteiger partial charge in [0.15, 0.2) is 0 Å². The van der Waals surface area contributed by atoms with Crippen molar-refractivity contribution >= 4 is 0 Å². The first-order chi connectivity index (χ1) is 10.0. The Morgan fingerprint density at radius 1 is 0.909 bits per heavy atom. The van der Waals surface area contributed by atoms with Gasteiger partial charge in [-0.2, -0.15) is 0 Å². The van der Waals surface area contributed by atoms with E-state index in [0.717, 1.165) is 13.2 Å². The number of hydrogen-bond acceptors (Lipinski definition) is 2. The number of ether oxygens (including phenoxy) is 2. The van der Waals surface area contributed by atoms with Crippen molar-refractivity contribution in [3.63, 3.8) is 0 Å². The topological polar surface area (TPSA) is 18.5 Å². The highest BCUT2D eigenvalue weighted by molar-refractivity contribution is 5.41. The molecule has 0 N–H and O–H groups in total. The predicted octanol–water partition coefficient (Wildman–Crippen LogP) is 5.18. The third kappa shape index (κ3) is 2.51. The Morgan fingerprint density at radius 3 is 1.82 bits per heavy atom. The molecule has 2 heterocycles. The van der Waals surface area contributed by atoms with E-state index in [1.165, 1.54) is 16.7 Å². The number of hydrogen-bond donors (Lipinski definition) is 0. The summed E-state index contributed by atoms with van der Waals surface area (Å²) in [7, 11) is 0. The van der Waals surface area contributed by atoms with E-state index in [2.05, 4.69) is 66.7 Å². The van der Waals surface area contributed by atoms with Gasteiger partial charge in [0.2, 0.25) is 0 Å². The SMILES string of the molecule is CC(C)(C)c1ccc(C2OCC2(C)C)cc1C1OCC1(C)C. The first-order valence-corrected chi connectivity index (χ1v) is 8.40. The second-order valence-corrected chi connectivity index (χ2v) is 9.46. The second kappa shape index (κ2) is 4.82. The van der Waals surface area contributed by atoms with Crippen LogP contribution in [0.5, 0.6) is 0 Å². The van der Waals surface area contributed by atoms with Crippen molar-refractivity contribution in [1.29, 1.82) is 0 Å². The summed E-state index contributed by atoms with van der Waals surface area (Å²) in [4.78, 5) is 0. The van der Waals surface area contributed by atoms with E-state index in [1.807, 2.05) is 0 Å². The molecule has 2 heteroatoms. The van der Waals surface area contributed by atoms with Gasteiger partial charge in [-0.05, 0) is 22.1 Å². The zero-order valence-electron chi connectivity index (χ0n) is 15.1. The molecule has 2 nitrogen and oxygen atoms in total. The van der Waals surface area contributed by atoms with Crippen LogP contribution in [0.15, 0.2) is 18.2 Å². The lowest BCUT2D eigenvalue weighted by Crippen LogP contribution is -2.43. The molecule has 3 rings (SSSR count). The van der Waals surface area contributed by atoms with Crippen molar-refractivity contribution in [3.8, 4) is 0 Å². The average Bonchev–Trinajstić information content (AvgIpc) is 2.35. The maximum atomic E-state index is 5.97. The smallest absolute Gasteiger partial charge is 0.0901 e. The molecule has 0 aliphatic carbocycles. The van der Waals surface area contributed by atoms with Crippen LogP contribution in [0.1, 0.15) is 77.4 Å². The van der Waals surface area contributed by atoms with Crippen LogP contribution in [0.4, 0.5) is 0 Å². The summed E-state index contributed by atoms with van der Waals surface area (Å²) < 4.78 is 11.8. The first kappa shape index (κ1) is 16.0. The minimum Gasteiger partial charge on any atom is -0.372 e. The molecule has 2 saturated heterocycles. The molecule has 1 aromatic rings. The average molecular weight is 302 g/mol. The van der Waals surface area contributed by atoms with Gasteiger partial charge in [0.25, 0.3) is 0 Å². The molecule has 0 spiro atoms. The third-order valence-electron chi connectivity index (χ3n) is 5.13. The fourth-order valence-electron chi connectivity index (χ4n) is 3.70. The predicted molar refractivity (Wildman–Crippen MR) is 90.1 cm³/mol. The maximum absolute atomic E-state index is 5.97. The van der Waals surface area contributed by atoms with Gasteiger partial charge in [0.05, 0.1) is 25.4 Å². The van der Waals surface area contributed by atoms with Crippen LogP contribution in [0.2, 0.25) is 0 Å². The quantitative estimate of drug-likeness (QED) is 0.749. The molecular formula is C20H30O2. The van der Waals surface area contributed by atoms with Crippen molar-refractivity contribution in [1.82, 2.24) is 0 Å². The lowest BCUT2D eigenvalue weighted by molar-refractivity contribution is -0.175. The molecule has 2 unspecified atom stereocenters. The molecule has 0 aromatic heterocycles. The summed E-state index contributed by atoms with van der Waals surface area (Å²) in [6, 6.07) is 6.89. The summed E-state index contributed by atoms with van der Waals surface area (Å²) in [5.74, 6) is 0. The number of rotatable bonds is 2. The van der Waals surface area contributed by atoms with Gasteiger partial charge >= 0.3 is 0 Å². The molecule has 2 aliphatic heterocycles. The fraction of sp³-hybridized carbons (Fsp3) is 0.700. The van der Waals surface area contributed by atoms with Gasteiger partial charge in [-0.25, -0.2) is 0 Å². The Morgan fingerprint density at radius 2 is 1.45 bits per heavy atom. The van der Waals surface area contributed by atoms with Gasteiger partial charge in [0, 0.05) is 10.8 Å². The van der Waals surface area contributed by atoms with E-state index in [9.17, 15) is 0 Å². The summed E-state index contributed by atoms with van der Waals surface area (Å²) in [5, 5.41) is 0. The lowest BCUT2D eigenvalue weighted by atomic mass is 9.71. The summed E-state index contributed by atoms with van der Waals surface area (Å²) in [6.45, 7) is 17.7. The molecular weight excluding hydrogens is 272 g/mol. The van der Waals surface area contributed by atoms with Crippen LogP contribution in [0.3, 0.4) is 0 Å². The van der Waals surface area contributed by atoms with Crippen LogP contribution >= 0.6 is 0 Å². The van der Waals surface area contributed by atoms with Gasteiger partial charge in [0.1, 0.15) is 0 Å². The Balaban J connectivity index is 2.04. The fourth-order valence-corrected chi connectivity index (χ4v) is 3.70. The van der Waals surface area contributed by atoms with E-state index in [0.29, 0.717) is 0 Å². The Labute approximate surface area is 135 Å². The molecule has 2 atom stereocenters. The van der Waals surface area contributed by atoms with E-state index in [1.54, 1.807) is 0 Å². The van der Waals surface area contributed by atoms with Crippen LogP contribution < -0.4 is 0 Å². The molecule has 22 heavy (non-hydrogen) atoms. The van der Waals surface area contributed by atoms with Gasteiger partial charge in [-0.15, -0.1) is 0 Å². The van der Waals surface area contributed by atoms with E-state index in [-0.39, 0.29) is 28.5 Å². The normalized spacial score (nSPS) is 29.6. The second-order valence-electron chi connectivity index (χ2n) is 9.46. The first-order valence-electron chi connectivity index (χ1n) is 8.40. The molecule has 1 aromatic carbocycles. The molecule has 2 fully saturated rings. The van der Waals surface area contributed by atoms with Crippen molar-refractivity contribution in [2.45, 2.75) is 66.1 Å². The Kier molecular flexibility index (Phi) is 3.51. The molecule has 122 valence electrons. The zero-order chi connectivity index (χ0) is 16.3. The van der Waals surface area contributed by atoms with Crippen molar-refractivity contribution < 1.29 is 9.47 Å². The van der Waals surface area contributed by atoms with Crippen LogP contribution in [0.25, 0.3) is 0 Å². The summed E-state index contributed by atoms with van der Waals surface area (Å²) in [5.41, 5.74) is 4.62. The molecule has 0 saturated carbocycles. The molecule has 0 amide bonds. The third-order valence-corrected chi connectivity index (χ3v) is 5.13. The largest absolute Gasteiger partial charge is 0.372 e. The molecule has 0 bridgehead atoms. The molecule has 2 aliphatic rings. The van der Waals surface area contributed by atoms with Crippen LogP contribution in [-0.2, 0) is 14.9 Å². The standard InChI is InChI=1S/C20H30O2/c1-18(2,3)15-9-8-13(16-19(4,5)11-21-16)10-14(15)17-20(6,7)12-22-17/h8-10,16-17H,11-12H2,1-7H3. The van der Waals surface area contributed by atoms with E-state index < -0.39 is 0 Å². The van der Waals surface area contributed by atoms with Crippen LogP contribution in [-0.4, -0.2) is 13.2 Å². The van der Waals surface area contributed by atoms with Gasteiger partial charge in [-0.3, -0.25) is 0 Å². The van der Waals surface area contributed by atoms with Crippen molar-refractivity contribution in [3.05, 3.63) is 34.9 Å². The maximum Gasteiger partial charge on any atom is 0.0901 e. The highest BCUT2D eigenvalue weighted by atomic mass is 16.5. The minimum absolute atomic E-state index is 0.124. The highest BCUT2D eigenvalue weighted by Gasteiger charge is 2.45. The van der Waals surface area contributed by atoms with Crippen molar-refractivity contribution in [2.75, 3.05) is 13.2 Å². The zero-order valence-corrected chi connectivity index (χ0v) is 15.1. The monoisotopic (exact) mass is 302 g/mol. The van der Waals surface area contributed by atoms with E-state index >= 15 is 0 Å².